The number of likely N-dealkylation sites (N-methyl/N-ethyl adjacent to an activating group) is 1. The van der Waals surface area contributed by atoms with E-state index in [1.54, 1.807) is 36.2 Å². The van der Waals surface area contributed by atoms with Crippen molar-refractivity contribution < 1.29 is 14.3 Å². The maximum absolute atomic E-state index is 12.1. The van der Waals surface area contributed by atoms with Crippen LogP contribution in [0.4, 0.5) is 0 Å². The minimum atomic E-state index is -0.247. The molecule has 0 saturated carbocycles. The summed E-state index contributed by atoms with van der Waals surface area (Å²) in [7, 11) is 1.60. The fourth-order valence-electron chi connectivity index (χ4n) is 2.12. The Hall–Kier alpha value is -1.50. The summed E-state index contributed by atoms with van der Waals surface area (Å²) in [5, 5.41) is 3.73. The highest BCUT2D eigenvalue weighted by atomic mass is 35.5. The van der Waals surface area contributed by atoms with Gasteiger partial charge in [0.1, 0.15) is 5.75 Å². The van der Waals surface area contributed by atoms with Crippen molar-refractivity contribution in [2.45, 2.75) is 0 Å². The number of hydrogen-bond acceptors (Lipinski definition) is 4. The largest absolute Gasteiger partial charge is 0.484 e. The van der Waals surface area contributed by atoms with Gasteiger partial charge < -0.3 is 19.9 Å². The van der Waals surface area contributed by atoms with Crippen LogP contribution in [0.15, 0.2) is 24.3 Å². The highest BCUT2D eigenvalue weighted by Crippen LogP contribution is 2.16. The summed E-state index contributed by atoms with van der Waals surface area (Å²) >= 11 is 5.85. The van der Waals surface area contributed by atoms with Crippen LogP contribution < -0.4 is 10.1 Å². The molecular formula is C15H21Cl2N3O3. The van der Waals surface area contributed by atoms with E-state index in [0.717, 1.165) is 13.1 Å². The van der Waals surface area contributed by atoms with Crippen molar-refractivity contribution in [3.05, 3.63) is 29.3 Å². The zero-order valence-corrected chi connectivity index (χ0v) is 14.5. The van der Waals surface area contributed by atoms with Gasteiger partial charge in [0.2, 0.25) is 5.91 Å². The van der Waals surface area contributed by atoms with Crippen LogP contribution in [0, 0.1) is 0 Å². The third kappa shape index (κ3) is 6.25. The van der Waals surface area contributed by atoms with Crippen LogP contribution in [0.1, 0.15) is 0 Å². The predicted octanol–water partition coefficient (Wildman–Crippen LogP) is 1.03. The first-order valence-corrected chi connectivity index (χ1v) is 7.55. The molecule has 8 heteroatoms. The fraction of sp³-hybridized carbons (Fsp3) is 0.467. The quantitative estimate of drug-likeness (QED) is 0.850. The first-order valence-electron chi connectivity index (χ1n) is 7.17. The van der Waals surface area contributed by atoms with Gasteiger partial charge in [-0.2, -0.15) is 0 Å². The summed E-state index contributed by atoms with van der Waals surface area (Å²) in [5.41, 5.74) is 0. The second kappa shape index (κ2) is 9.60. The van der Waals surface area contributed by atoms with E-state index in [9.17, 15) is 9.59 Å². The number of rotatable bonds is 5. The third-order valence-corrected chi connectivity index (χ3v) is 3.66. The van der Waals surface area contributed by atoms with Crippen LogP contribution in [0.3, 0.4) is 0 Å². The lowest BCUT2D eigenvalue weighted by atomic mass is 10.3. The minimum Gasteiger partial charge on any atom is -0.484 e. The Morgan fingerprint density at radius 2 is 2.04 bits per heavy atom. The average molecular weight is 362 g/mol. The number of ether oxygens (including phenoxy) is 1. The number of carbonyl (C=O) groups excluding carboxylic acids is 2. The topological polar surface area (TPSA) is 61.9 Å². The molecule has 0 atom stereocenters. The molecule has 2 amide bonds. The van der Waals surface area contributed by atoms with Crippen molar-refractivity contribution in [3.63, 3.8) is 0 Å². The molecule has 2 rings (SSSR count). The minimum absolute atomic E-state index is 0. The molecule has 0 unspecified atom stereocenters. The Kier molecular flexibility index (Phi) is 8.16. The second-order valence-corrected chi connectivity index (χ2v) is 5.56. The molecule has 0 bridgehead atoms. The second-order valence-electron chi connectivity index (χ2n) is 5.13. The van der Waals surface area contributed by atoms with E-state index in [4.69, 9.17) is 16.3 Å². The molecule has 1 heterocycles. The van der Waals surface area contributed by atoms with Crippen molar-refractivity contribution in [2.24, 2.45) is 0 Å². The summed E-state index contributed by atoms with van der Waals surface area (Å²) in [6, 6.07) is 6.85. The Balaban J connectivity index is 0.00000264. The van der Waals surface area contributed by atoms with Gasteiger partial charge in [-0.15, -0.1) is 12.4 Å². The van der Waals surface area contributed by atoms with Gasteiger partial charge in [-0.25, -0.2) is 0 Å². The van der Waals surface area contributed by atoms with E-state index in [-0.39, 0.29) is 37.4 Å². The lowest BCUT2D eigenvalue weighted by Gasteiger charge is -2.29. The van der Waals surface area contributed by atoms with E-state index in [0.29, 0.717) is 23.9 Å². The maximum Gasteiger partial charge on any atom is 0.260 e. The molecule has 23 heavy (non-hydrogen) atoms. The number of benzene rings is 1. The van der Waals surface area contributed by atoms with Gasteiger partial charge in [-0.05, 0) is 18.2 Å². The van der Waals surface area contributed by atoms with Gasteiger partial charge in [0, 0.05) is 38.2 Å². The first kappa shape index (κ1) is 19.5. The first-order chi connectivity index (χ1) is 10.6. The number of nitrogens with one attached hydrogen (secondary N) is 1. The summed E-state index contributed by atoms with van der Waals surface area (Å²) in [6.07, 6.45) is 0. The molecule has 1 aromatic carbocycles. The zero-order chi connectivity index (χ0) is 15.9. The smallest absolute Gasteiger partial charge is 0.260 e. The Morgan fingerprint density at radius 3 is 2.70 bits per heavy atom. The molecule has 0 aliphatic carbocycles. The molecule has 1 aliphatic rings. The Bertz CT molecular complexity index is 536. The molecular weight excluding hydrogens is 341 g/mol. The number of hydrogen-bond donors (Lipinski definition) is 1. The van der Waals surface area contributed by atoms with Crippen LogP contribution in [0.2, 0.25) is 5.02 Å². The van der Waals surface area contributed by atoms with Crippen LogP contribution in [0.5, 0.6) is 5.75 Å². The number of halogens is 2. The van der Waals surface area contributed by atoms with Gasteiger partial charge in [-0.1, -0.05) is 17.7 Å². The standard InChI is InChI=1S/C15H20ClN3O3.ClH/c1-18(10-14(20)19-7-5-17-6-8-19)15(21)11-22-13-4-2-3-12(16)9-13;/h2-4,9,17H,5-8,10-11H2,1H3;1H. The number of nitrogens with zero attached hydrogens (tertiary/aromatic N) is 2. The number of amides is 2. The van der Waals surface area contributed by atoms with Gasteiger partial charge in [0.25, 0.3) is 5.91 Å². The molecule has 0 aromatic heterocycles. The molecule has 0 spiro atoms. The van der Waals surface area contributed by atoms with Crippen LogP contribution in [0.25, 0.3) is 0 Å². The van der Waals surface area contributed by atoms with Crippen molar-refractivity contribution in [3.8, 4) is 5.75 Å². The monoisotopic (exact) mass is 361 g/mol. The average Bonchev–Trinajstić information content (AvgIpc) is 2.53. The van der Waals surface area contributed by atoms with Gasteiger partial charge in [0.15, 0.2) is 6.61 Å². The normalized spacial score (nSPS) is 13.9. The molecule has 0 radical (unpaired) electrons. The van der Waals surface area contributed by atoms with E-state index < -0.39 is 0 Å². The highest BCUT2D eigenvalue weighted by Gasteiger charge is 2.20. The Labute approximate surface area is 147 Å². The molecule has 1 fully saturated rings. The SMILES string of the molecule is CN(CC(=O)N1CCNCC1)C(=O)COc1cccc(Cl)c1.Cl. The molecule has 1 aliphatic heterocycles. The summed E-state index contributed by atoms with van der Waals surface area (Å²) in [4.78, 5) is 27.2. The predicted molar refractivity (Wildman–Crippen MR) is 91.3 cm³/mol. The zero-order valence-electron chi connectivity index (χ0n) is 13.0. The summed E-state index contributed by atoms with van der Waals surface area (Å²) < 4.78 is 5.39. The number of carbonyl (C=O) groups is 2. The van der Waals surface area contributed by atoms with Crippen LogP contribution in [-0.2, 0) is 9.59 Å². The van der Waals surface area contributed by atoms with Crippen molar-refractivity contribution in [1.29, 1.82) is 0 Å². The molecule has 1 saturated heterocycles. The summed E-state index contributed by atoms with van der Waals surface area (Å²) in [6.45, 7) is 2.89. The Morgan fingerprint density at radius 1 is 1.35 bits per heavy atom. The van der Waals surface area contributed by atoms with Crippen molar-refractivity contribution in [2.75, 3.05) is 46.4 Å². The lowest BCUT2D eigenvalue weighted by Crippen LogP contribution is -2.50. The van der Waals surface area contributed by atoms with Gasteiger partial charge >= 0.3 is 0 Å². The van der Waals surface area contributed by atoms with Gasteiger partial charge in [0.05, 0.1) is 6.54 Å². The lowest BCUT2D eigenvalue weighted by molar-refractivity contribution is -0.140. The third-order valence-electron chi connectivity index (χ3n) is 3.43. The number of piperazine rings is 1. The fourth-order valence-corrected chi connectivity index (χ4v) is 2.30. The van der Waals surface area contributed by atoms with Crippen LogP contribution >= 0.6 is 24.0 Å². The molecule has 1 N–H and O–H groups in total. The van der Waals surface area contributed by atoms with E-state index in [1.165, 1.54) is 4.90 Å². The summed E-state index contributed by atoms with van der Waals surface area (Å²) in [5.74, 6) is 0.242. The van der Waals surface area contributed by atoms with Crippen LogP contribution in [-0.4, -0.2) is 68.0 Å². The van der Waals surface area contributed by atoms with Gasteiger partial charge in [-0.3, -0.25) is 9.59 Å². The van der Waals surface area contributed by atoms with Crippen molar-refractivity contribution in [1.82, 2.24) is 15.1 Å². The highest BCUT2D eigenvalue weighted by molar-refractivity contribution is 6.30. The van der Waals surface area contributed by atoms with E-state index in [2.05, 4.69) is 5.32 Å². The maximum atomic E-state index is 12.1. The van der Waals surface area contributed by atoms with Crippen molar-refractivity contribution >= 4 is 35.8 Å². The molecule has 128 valence electrons. The molecule has 1 aromatic rings. The molecule has 6 nitrogen and oxygen atoms in total. The van der Waals surface area contributed by atoms with E-state index >= 15 is 0 Å². The van der Waals surface area contributed by atoms with E-state index in [1.807, 2.05) is 0 Å².